The van der Waals surface area contributed by atoms with E-state index in [0.717, 1.165) is 26.2 Å². The van der Waals surface area contributed by atoms with Gasteiger partial charge in [-0.3, -0.25) is 14.5 Å². The molecule has 2 heterocycles. The number of fused-ring (bicyclic) bond motifs is 1. The van der Waals surface area contributed by atoms with Crippen molar-refractivity contribution in [1.82, 2.24) is 15.0 Å². The number of carbonyl (C=O) groups excluding carboxylic acids is 1. The number of hydrogen-bond acceptors (Lipinski definition) is 11. The summed E-state index contributed by atoms with van der Waals surface area (Å²) < 4.78 is 155. The zero-order valence-electron chi connectivity index (χ0n) is 27.6. The lowest BCUT2D eigenvalue weighted by Crippen LogP contribution is -2.61. The van der Waals surface area contributed by atoms with E-state index in [0.29, 0.717) is 42.5 Å². The van der Waals surface area contributed by atoms with E-state index in [-0.39, 0.29) is 18.0 Å². The number of anilines is 3. The van der Waals surface area contributed by atoms with E-state index in [4.69, 9.17) is 14.2 Å². The molecule has 4 rings (SSSR count). The molecule has 2 atom stereocenters. The molecule has 22 heteroatoms. The minimum absolute atomic E-state index is 0.0109. The lowest BCUT2D eigenvalue weighted by Gasteiger charge is -2.39. The summed E-state index contributed by atoms with van der Waals surface area (Å²) in [5.41, 5.74) is -7.19. The number of amides is 1. The van der Waals surface area contributed by atoms with Crippen LogP contribution in [0.1, 0.15) is 28.4 Å². The number of ether oxygens (including phenoxy) is 3. The van der Waals surface area contributed by atoms with E-state index in [2.05, 4.69) is 20.3 Å². The molecule has 0 radical (unpaired) electrons. The Labute approximate surface area is 288 Å². The molecule has 0 aliphatic carbocycles. The van der Waals surface area contributed by atoms with E-state index in [1.165, 1.54) is 18.3 Å². The van der Waals surface area contributed by atoms with Gasteiger partial charge >= 0.3 is 12.4 Å². The van der Waals surface area contributed by atoms with Crippen LogP contribution in [0.3, 0.4) is 0 Å². The van der Waals surface area contributed by atoms with Crippen molar-refractivity contribution in [3.63, 3.8) is 0 Å². The third kappa shape index (κ3) is 8.41. The highest BCUT2D eigenvalue weighted by Gasteiger charge is 2.59. The lowest BCUT2D eigenvalue weighted by atomic mass is 9.97. The Bertz CT molecular complexity index is 2050. The molecule has 0 fully saturated rings. The topological polar surface area (TPSA) is 177 Å². The van der Waals surface area contributed by atoms with Gasteiger partial charge in [-0.15, -0.1) is 0 Å². The smallest absolute Gasteiger partial charge is 0.416 e. The largest absolute Gasteiger partial charge is 0.492 e. The van der Waals surface area contributed by atoms with Gasteiger partial charge < -0.3 is 29.7 Å². The number of aromatic nitrogens is 1. The van der Waals surface area contributed by atoms with Crippen molar-refractivity contribution in [2.24, 2.45) is 0 Å². The Morgan fingerprint density at radius 3 is 2.08 bits per heavy atom. The summed E-state index contributed by atoms with van der Waals surface area (Å²) in [6, 6.07) is 2.79. The summed E-state index contributed by atoms with van der Waals surface area (Å²) in [4.78, 5) is 19.5. The first-order chi connectivity index (χ1) is 23.4. The predicted molar refractivity (Wildman–Crippen MR) is 172 cm³/mol. The number of methoxy groups -OCH3 is 2. The van der Waals surface area contributed by atoms with Gasteiger partial charge in [0.2, 0.25) is 25.8 Å². The van der Waals surface area contributed by atoms with Crippen molar-refractivity contribution in [3.8, 4) is 17.2 Å². The van der Waals surface area contributed by atoms with Crippen LogP contribution in [0.4, 0.5) is 43.4 Å². The number of sulfonamides is 2. The maximum atomic E-state index is 14.4. The van der Waals surface area contributed by atoms with Crippen LogP contribution in [-0.2, 0) is 48.5 Å². The highest BCUT2D eigenvalue weighted by Crippen LogP contribution is 2.54. The number of pyridine rings is 1. The number of hydrogen-bond donors (Lipinski definition) is 4. The minimum atomic E-state index is -5.08. The average molecular weight is 771 g/mol. The van der Waals surface area contributed by atoms with E-state index in [9.17, 15) is 48.0 Å². The summed E-state index contributed by atoms with van der Waals surface area (Å²) in [6.07, 6.45) is -7.46. The third-order valence-corrected chi connectivity index (χ3v) is 8.73. The second-order valence-electron chi connectivity index (χ2n) is 11.2. The van der Waals surface area contributed by atoms with Gasteiger partial charge in [-0.1, -0.05) is 0 Å². The van der Waals surface area contributed by atoms with Crippen molar-refractivity contribution in [1.29, 1.82) is 0 Å². The standard InChI is InChI=1S/C29H32F6N6O8S2/c1-36-14-17-13-18(7-8-37-17)49-22-12-15(28(30,31)32)9-19-23(22)41(2)27(48-4,25(19)40-51(6,45)46)26(42)38-20-10-16(29(33,34)35)11-21(24(20)47-3)39-50(5,43)44/h7-13,25,36,39-40H,14H2,1-6H3,(H,38,42). The van der Waals surface area contributed by atoms with Gasteiger partial charge in [0.15, 0.2) is 11.5 Å². The van der Waals surface area contributed by atoms with Crippen LogP contribution in [0.25, 0.3) is 0 Å². The molecule has 0 saturated heterocycles. The van der Waals surface area contributed by atoms with Crippen LogP contribution < -0.4 is 34.5 Å². The van der Waals surface area contributed by atoms with Gasteiger partial charge in [0, 0.05) is 38.5 Å². The molecule has 14 nitrogen and oxygen atoms in total. The van der Waals surface area contributed by atoms with Gasteiger partial charge in [0.25, 0.3) is 5.91 Å². The van der Waals surface area contributed by atoms with Crippen molar-refractivity contribution in [3.05, 3.63) is 65.0 Å². The zero-order chi connectivity index (χ0) is 38.3. The van der Waals surface area contributed by atoms with Gasteiger partial charge in [-0.05, 0) is 37.4 Å². The third-order valence-electron chi connectivity index (χ3n) is 7.47. The summed E-state index contributed by atoms with van der Waals surface area (Å²) in [5.74, 6) is -2.51. The first-order valence-electron chi connectivity index (χ1n) is 14.3. The monoisotopic (exact) mass is 770 g/mol. The molecule has 1 amide bonds. The average Bonchev–Trinajstić information content (AvgIpc) is 3.22. The zero-order valence-corrected chi connectivity index (χ0v) is 29.2. The van der Waals surface area contributed by atoms with E-state index < -0.39 is 89.6 Å². The number of rotatable bonds is 12. The molecule has 4 N–H and O–H groups in total. The molecule has 1 aliphatic rings. The SMILES string of the molecule is CNCc1cc(Oc2cc(C(F)(F)F)cc3c2N(C)C(OC)(C(=O)Nc2cc(C(F)(F)F)cc(NS(C)(=O)=O)c2OC)C3NS(C)(=O)=O)ccn1. The summed E-state index contributed by atoms with van der Waals surface area (Å²) in [6.45, 7) is 0.255. The van der Waals surface area contributed by atoms with E-state index in [1.54, 1.807) is 7.05 Å². The molecule has 1 aromatic heterocycles. The minimum Gasteiger partial charge on any atom is -0.492 e. The van der Waals surface area contributed by atoms with Gasteiger partial charge in [-0.25, -0.2) is 21.6 Å². The Balaban J connectivity index is 1.97. The van der Waals surface area contributed by atoms with Crippen molar-refractivity contribution < 1.29 is 62.2 Å². The molecule has 0 spiro atoms. The number of alkyl halides is 6. The van der Waals surface area contributed by atoms with Gasteiger partial charge in [-0.2, -0.15) is 26.3 Å². The quantitative estimate of drug-likeness (QED) is 0.196. The number of nitrogens with zero attached hydrogens (tertiary/aromatic N) is 2. The number of carbonyl (C=O) groups is 1. The highest BCUT2D eigenvalue weighted by atomic mass is 32.2. The van der Waals surface area contributed by atoms with Crippen molar-refractivity contribution >= 4 is 43.0 Å². The lowest BCUT2D eigenvalue weighted by molar-refractivity contribution is -0.140. The summed E-state index contributed by atoms with van der Waals surface area (Å²) >= 11 is 0. The van der Waals surface area contributed by atoms with Crippen LogP contribution in [0.15, 0.2) is 42.6 Å². The predicted octanol–water partition coefficient (Wildman–Crippen LogP) is 4.03. The van der Waals surface area contributed by atoms with E-state index in [1.807, 2.05) is 4.72 Å². The van der Waals surface area contributed by atoms with Crippen LogP contribution in [0, 0.1) is 0 Å². The van der Waals surface area contributed by atoms with Crippen molar-refractivity contribution in [2.45, 2.75) is 30.7 Å². The fourth-order valence-electron chi connectivity index (χ4n) is 5.53. The van der Waals surface area contributed by atoms with Gasteiger partial charge in [0.1, 0.15) is 11.8 Å². The van der Waals surface area contributed by atoms with Crippen LogP contribution >= 0.6 is 0 Å². The molecular formula is C29H32F6N6O8S2. The molecule has 3 aromatic rings. The molecular weight excluding hydrogens is 738 g/mol. The molecule has 0 saturated carbocycles. The first-order valence-corrected chi connectivity index (χ1v) is 18.1. The van der Waals surface area contributed by atoms with Crippen LogP contribution in [0.2, 0.25) is 0 Å². The molecule has 51 heavy (non-hydrogen) atoms. The first kappa shape index (κ1) is 39.4. The second kappa shape index (κ2) is 14.0. The molecule has 2 unspecified atom stereocenters. The maximum absolute atomic E-state index is 14.4. The number of likely N-dealkylation sites (N-methyl/N-ethyl adjacent to an activating group) is 1. The molecule has 2 aromatic carbocycles. The molecule has 0 bridgehead atoms. The number of nitrogens with one attached hydrogen (secondary N) is 4. The highest BCUT2D eigenvalue weighted by molar-refractivity contribution is 7.92. The Hall–Kier alpha value is -4.38. The van der Waals surface area contributed by atoms with E-state index >= 15 is 0 Å². The fraction of sp³-hybridized carbons (Fsp3) is 0.379. The normalized spacial score (nSPS) is 18.0. The maximum Gasteiger partial charge on any atom is 0.416 e. The Kier molecular flexibility index (Phi) is 10.8. The fourth-order valence-corrected chi connectivity index (χ4v) is 6.79. The van der Waals surface area contributed by atoms with Crippen LogP contribution in [0.5, 0.6) is 17.2 Å². The second-order valence-corrected chi connectivity index (χ2v) is 14.8. The summed E-state index contributed by atoms with van der Waals surface area (Å²) in [7, 11) is -3.93. The number of benzene rings is 2. The molecule has 280 valence electrons. The number of halogens is 6. The van der Waals surface area contributed by atoms with Crippen LogP contribution in [-0.4, -0.2) is 74.3 Å². The van der Waals surface area contributed by atoms with Gasteiger partial charge in [0.05, 0.1) is 53.5 Å². The Morgan fingerprint density at radius 2 is 1.55 bits per heavy atom. The molecule has 1 aliphatic heterocycles. The van der Waals surface area contributed by atoms with Crippen molar-refractivity contribution in [2.75, 3.05) is 55.8 Å². The summed E-state index contributed by atoms with van der Waals surface area (Å²) in [5, 5.41) is 5.03. The Morgan fingerprint density at radius 1 is 0.941 bits per heavy atom.